The third kappa shape index (κ3) is 2.54. The van der Waals surface area contributed by atoms with Gasteiger partial charge < -0.3 is 10.0 Å². The van der Waals surface area contributed by atoms with Gasteiger partial charge in [0, 0.05) is 18.3 Å². The van der Waals surface area contributed by atoms with Crippen LogP contribution >= 0.6 is 11.3 Å². The third-order valence-corrected chi connectivity index (χ3v) is 3.85. The lowest BCUT2D eigenvalue weighted by Gasteiger charge is -2.24. The molecule has 2 rings (SSSR count). The van der Waals surface area contributed by atoms with Crippen LogP contribution < -0.4 is 0 Å². The predicted molar refractivity (Wildman–Crippen MR) is 74.6 cm³/mol. The molecule has 1 amide bonds. The molecule has 0 radical (unpaired) electrons. The molecule has 1 heterocycles. The molecule has 2 aromatic rings. The molecular formula is C14H17NO2S. The first-order valence-corrected chi connectivity index (χ1v) is 6.70. The average Bonchev–Trinajstić information content (AvgIpc) is 2.70. The van der Waals surface area contributed by atoms with Gasteiger partial charge in [-0.3, -0.25) is 4.79 Å². The predicted octanol–water partition coefficient (Wildman–Crippen LogP) is 2.63. The van der Waals surface area contributed by atoms with E-state index < -0.39 is 5.60 Å². The molecule has 0 atom stereocenters. The molecule has 4 heteroatoms. The summed E-state index contributed by atoms with van der Waals surface area (Å²) in [5.41, 5.74) is -0.198. The second kappa shape index (κ2) is 4.71. The van der Waals surface area contributed by atoms with Gasteiger partial charge in [-0.15, -0.1) is 11.3 Å². The van der Waals surface area contributed by atoms with Gasteiger partial charge in [-0.05, 0) is 36.2 Å². The minimum atomic E-state index is -1.32. The van der Waals surface area contributed by atoms with Crippen LogP contribution in [0.1, 0.15) is 19.4 Å². The molecule has 0 fully saturated rings. The molecule has 0 aliphatic heterocycles. The lowest BCUT2D eigenvalue weighted by Crippen LogP contribution is -2.42. The van der Waals surface area contributed by atoms with Gasteiger partial charge in [0.1, 0.15) is 5.60 Å². The van der Waals surface area contributed by atoms with Crippen LogP contribution in [0.15, 0.2) is 29.6 Å². The molecule has 0 bridgehead atoms. The van der Waals surface area contributed by atoms with Gasteiger partial charge in [-0.2, -0.15) is 0 Å². The van der Waals surface area contributed by atoms with Crippen molar-refractivity contribution in [2.75, 3.05) is 7.05 Å². The lowest BCUT2D eigenvalue weighted by molar-refractivity contribution is -0.146. The van der Waals surface area contributed by atoms with Crippen molar-refractivity contribution in [2.24, 2.45) is 0 Å². The molecule has 3 nitrogen and oxygen atoms in total. The van der Waals surface area contributed by atoms with Crippen LogP contribution in [-0.4, -0.2) is 28.6 Å². The van der Waals surface area contributed by atoms with Crippen LogP contribution in [-0.2, 0) is 11.3 Å². The Balaban J connectivity index is 2.22. The zero-order valence-corrected chi connectivity index (χ0v) is 11.6. The molecule has 1 aromatic carbocycles. The molecule has 96 valence electrons. The maximum atomic E-state index is 11.9. The van der Waals surface area contributed by atoms with Gasteiger partial charge in [0.15, 0.2) is 0 Å². The van der Waals surface area contributed by atoms with Crippen molar-refractivity contribution in [2.45, 2.75) is 26.0 Å². The number of hydrogen-bond donors (Lipinski definition) is 1. The van der Waals surface area contributed by atoms with Crippen molar-refractivity contribution in [3.63, 3.8) is 0 Å². The first-order chi connectivity index (χ1) is 8.39. The van der Waals surface area contributed by atoms with Crippen LogP contribution in [0.25, 0.3) is 10.1 Å². The summed E-state index contributed by atoms with van der Waals surface area (Å²) in [5.74, 6) is -0.266. The Kier molecular flexibility index (Phi) is 3.41. The minimum Gasteiger partial charge on any atom is -0.381 e. The van der Waals surface area contributed by atoms with Crippen molar-refractivity contribution in [1.82, 2.24) is 4.90 Å². The number of benzene rings is 1. The number of fused-ring (bicyclic) bond motifs is 1. The maximum absolute atomic E-state index is 11.9. The molecule has 0 aliphatic rings. The molecule has 0 aliphatic carbocycles. The summed E-state index contributed by atoms with van der Waals surface area (Å²) in [6.07, 6.45) is 0. The highest BCUT2D eigenvalue weighted by molar-refractivity contribution is 7.17. The van der Waals surface area contributed by atoms with E-state index in [2.05, 4.69) is 17.5 Å². The summed E-state index contributed by atoms with van der Waals surface area (Å²) >= 11 is 1.67. The van der Waals surface area contributed by atoms with Gasteiger partial charge in [0.05, 0.1) is 0 Å². The summed E-state index contributed by atoms with van der Waals surface area (Å²) in [5, 5.41) is 13.0. The Labute approximate surface area is 111 Å². The van der Waals surface area contributed by atoms with Gasteiger partial charge in [0.25, 0.3) is 5.91 Å². The van der Waals surface area contributed by atoms with Crippen molar-refractivity contribution in [3.05, 3.63) is 35.2 Å². The summed E-state index contributed by atoms with van der Waals surface area (Å²) in [6, 6.07) is 8.13. The van der Waals surface area contributed by atoms with E-state index in [0.29, 0.717) is 6.54 Å². The first kappa shape index (κ1) is 13.1. The SMILES string of the molecule is CN(Cc1csc2ccccc12)C(=O)C(C)(C)O. The van der Waals surface area contributed by atoms with Crippen LogP contribution in [0.3, 0.4) is 0 Å². The van der Waals surface area contributed by atoms with Gasteiger partial charge in [-0.1, -0.05) is 18.2 Å². The zero-order valence-electron chi connectivity index (χ0n) is 10.8. The smallest absolute Gasteiger partial charge is 0.253 e. The van der Waals surface area contributed by atoms with Crippen LogP contribution in [0.5, 0.6) is 0 Å². The van der Waals surface area contributed by atoms with Crippen molar-refractivity contribution < 1.29 is 9.90 Å². The standard InChI is InChI=1S/C14H17NO2S/c1-14(2,17)13(16)15(3)8-10-9-18-12-7-5-4-6-11(10)12/h4-7,9,17H,8H2,1-3H3. The fourth-order valence-corrected chi connectivity index (χ4v) is 2.90. The van der Waals surface area contributed by atoms with Gasteiger partial charge >= 0.3 is 0 Å². The van der Waals surface area contributed by atoms with E-state index in [9.17, 15) is 9.90 Å². The number of likely N-dealkylation sites (N-methyl/N-ethyl adjacent to an activating group) is 1. The topological polar surface area (TPSA) is 40.5 Å². The Morgan fingerprint density at radius 2 is 2.06 bits per heavy atom. The third-order valence-electron chi connectivity index (χ3n) is 2.84. The quantitative estimate of drug-likeness (QED) is 0.924. The Hall–Kier alpha value is -1.39. The summed E-state index contributed by atoms with van der Waals surface area (Å²) in [6.45, 7) is 3.54. The van der Waals surface area contributed by atoms with E-state index in [1.54, 1.807) is 23.3 Å². The molecule has 1 aromatic heterocycles. The molecule has 0 saturated heterocycles. The van der Waals surface area contributed by atoms with E-state index in [4.69, 9.17) is 0 Å². The monoisotopic (exact) mass is 263 g/mol. The Morgan fingerprint density at radius 3 is 2.72 bits per heavy atom. The van der Waals surface area contributed by atoms with Crippen LogP contribution in [0.2, 0.25) is 0 Å². The number of thiophene rings is 1. The summed E-state index contributed by atoms with van der Waals surface area (Å²) < 4.78 is 1.22. The Morgan fingerprint density at radius 1 is 1.39 bits per heavy atom. The van der Waals surface area contributed by atoms with E-state index in [0.717, 1.165) is 5.56 Å². The highest BCUT2D eigenvalue weighted by atomic mass is 32.1. The van der Waals surface area contributed by atoms with Crippen molar-refractivity contribution >= 4 is 27.3 Å². The lowest BCUT2D eigenvalue weighted by atomic mass is 10.1. The number of carbonyl (C=O) groups is 1. The largest absolute Gasteiger partial charge is 0.381 e. The molecule has 0 saturated carbocycles. The molecule has 0 spiro atoms. The van der Waals surface area contributed by atoms with Gasteiger partial charge in [0.2, 0.25) is 0 Å². The number of hydrogen-bond acceptors (Lipinski definition) is 3. The van der Waals surface area contributed by atoms with Crippen LogP contribution in [0, 0.1) is 0 Å². The van der Waals surface area contributed by atoms with E-state index >= 15 is 0 Å². The molecule has 18 heavy (non-hydrogen) atoms. The van der Waals surface area contributed by atoms with E-state index in [-0.39, 0.29) is 5.91 Å². The maximum Gasteiger partial charge on any atom is 0.253 e. The minimum absolute atomic E-state index is 0.266. The number of amides is 1. The zero-order chi connectivity index (χ0) is 13.3. The fourth-order valence-electron chi connectivity index (χ4n) is 1.95. The van der Waals surface area contributed by atoms with Crippen molar-refractivity contribution in [1.29, 1.82) is 0 Å². The average molecular weight is 263 g/mol. The Bertz CT molecular complexity index is 568. The molecule has 0 unspecified atom stereocenters. The first-order valence-electron chi connectivity index (χ1n) is 5.82. The highest BCUT2D eigenvalue weighted by Crippen LogP contribution is 2.26. The van der Waals surface area contributed by atoms with E-state index in [1.807, 2.05) is 12.1 Å². The fraction of sp³-hybridized carbons (Fsp3) is 0.357. The second-order valence-electron chi connectivity index (χ2n) is 4.98. The van der Waals surface area contributed by atoms with E-state index in [1.165, 1.54) is 23.9 Å². The number of rotatable bonds is 3. The second-order valence-corrected chi connectivity index (χ2v) is 5.89. The molecule has 1 N–H and O–H groups in total. The highest BCUT2D eigenvalue weighted by Gasteiger charge is 2.27. The van der Waals surface area contributed by atoms with Crippen LogP contribution in [0.4, 0.5) is 0 Å². The number of aliphatic hydroxyl groups is 1. The normalized spacial score (nSPS) is 11.8. The number of nitrogens with zero attached hydrogens (tertiary/aromatic N) is 1. The van der Waals surface area contributed by atoms with Gasteiger partial charge in [-0.25, -0.2) is 0 Å². The number of carbonyl (C=O) groups excluding carboxylic acids is 1. The summed E-state index contributed by atoms with van der Waals surface area (Å²) in [4.78, 5) is 13.5. The summed E-state index contributed by atoms with van der Waals surface area (Å²) in [7, 11) is 1.72. The molecular weight excluding hydrogens is 246 g/mol. The van der Waals surface area contributed by atoms with Crippen molar-refractivity contribution in [3.8, 4) is 0 Å².